The Balaban J connectivity index is 0.00000841. The van der Waals surface area contributed by atoms with Gasteiger partial charge in [-0.3, -0.25) is 4.79 Å². The second kappa shape index (κ2) is 18.9. The van der Waals surface area contributed by atoms with Crippen molar-refractivity contribution in [1.29, 1.82) is 0 Å². The molecule has 0 saturated carbocycles. The Labute approximate surface area is 205 Å². The fourth-order valence-corrected chi connectivity index (χ4v) is 3.68. The Morgan fingerprint density at radius 3 is 1.60 bits per heavy atom. The zero-order valence-corrected chi connectivity index (χ0v) is 18.3. The minimum atomic E-state index is -1.22. The van der Waals surface area contributed by atoms with E-state index in [9.17, 15) is 14.7 Å². The van der Waals surface area contributed by atoms with E-state index in [0.29, 0.717) is 12.0 Å². The number of carboxylic acids is 1. The van der Waals surface area contributed by atoms with E-state index in [1.165, 1.54) is 95.2 Å². The van der Waals surface area contributed by atoms with E-state index < -0.39 is 5.97 Å². The second-order valence-corrected chi connectivity index (χ2v) is 8.16. The number of aromatic carboxylic acids is 1. The molecular formula is C25H41NaO4. The third-order valence-corrected chi connectivity index (χ3v) is 5.56. The summed E-state index contributed by atoms with van der Waals surface area (Å²) in [4.78, 5) is 23.2. The topological polar surface area (TPSA) is 74.6 Å². The molecular weight excluding hydrogens is 387 g/mol. The third-order valence-electron chi connectivity index (χ3n) is 5.56. The summed E-state index contributed by atoms with van der Waals surface area (Å²) in [5.74, 6) is -1.58. The van der Waals surface area contributed by atoms with E-state index in [0.717, 1.165) is 19.3 Å². The molecule has 0 aromatic heterocycles. The maximum atomic E-state index is 12.2. The van der Waals surface area contributed by atoms with Crippen LogP contribution in [-0.2, 0) is 0 Å². The van der Waals surface area contributed by atoms with Gasteiger partial charge in [0, 0.05) is 12.0 Å². The van der Waals surface area contributed by atoms with Gasteiger partial charge in [-0.15, -0.1) is 0 Å². The van der Waals surface area contributed by atoms with Gasteiger partial charge in [0.25, 0.3) is 0 Å². The molecule has 2 N–H and O–H groups in total. The summed E-state index contributed by atoms with van der Waals surface area (Å²) in [7, 11) is 0. The van der Waals surface area contributed by atoms with Gasteiger partial charge < -0.3 is 10.2 Å². The number of hydrogen-bond acceptors (Lipinski definition) is 3. The number of unbranched alkanes of at least 4 members (excludes halogenated alkanes) is 14. The number of carbonyl (C=O) groups excluding carboxylic acids is 1. The van der Waals surface area contributed by atoms with Crippen molar-refractivity contribution in [3.8, 4) is 5.75 Å². The molecule has 166 valence electrons. The van der Waals surface area contributed by atoms with E-state index in [-0.39, 0.29) is 46.7 Å². The van der Waals surface area contributed by atoms with E-state index >= 15 is 0 Å². The van der Waals surface area contributed by atoms with Gasteiger partial charge in [0.1, 0.15) is 11.3 Å². The molecule has 0 fully saturated rings. The van der Waals surface area contributed by atoms with Crippen molar-refractivity contribution in [1.82, 2.24) is 0 Å². The molecule has 1 aromatic carbocycles. The third kappa shape index (κ3) is 13.5. The van der Waals surface area contributed by atoms with Crippen LogP contribution in [0.4, 0.5) is 0 Å². The average Bonchev–Trinajstić information content (AvgIpc) is 2.70. The fraction of sp³-hybridized carbons (Fsp3) is 0.680. The summed E-state index contributed by atoms with van der Waals surface area (Å²) in [6.07, 6.45) is 19.7. The zero-order valence-electron chi connectivity index (χ0n) is 18.3. The van der Waals surface area contributed by atoms with Gasteiger partial charge in [-0.25, -0.2) is 4.79 Å². The molecule has 0 amide bonds. The number of phenols is 1. The molecule has 5 heteroatoms. The number of ketones is 1. The predicted octanol–water partition coefficient (Wildman–Crippen LogP) is 6.89. The summed E-state index contributed by atoms with van der Waals surface area (Å²) in [5, 5.41) is 18.5. The van der Waals surface area contributed by atoms with E-state index in [1.54, 1.807) is 0 Å². The van der Waals surface area contributed by atoms with Crippen LogP contribution in [0, 0.1) is 0 Å². The summed E-state index contributed by atoms with van der Waals surface area (Å²) < 4.78 is 0. The number of Topliss-reactive ketones (excluding diaryl/α,β-unsaturated/α-hetero) is 1. The molecule has 0 radical (unpaired) electrons. The predicted molar refractivity (Wildman–Crippen MR) is 126 cm³/mol. The van der Waals surface area contributed by atoms with Gasteiger partial charge in [-0.2, -0.15) is 0 Å². The van der Waals surface area contributed by atoms with Crippen LogP contribution in [0.3, 0.4) is 0 Å². The minimum absolute atomic E-state index is 0. The molecule has 0 bridgehead atoms. The molecule has 1 rings (SSSR count). The molecule has 0 atom stereocenters. The first-order chi connectivity index (χ1) is 14.1. The van der Waals surface area contributed by atoms with Crippen molar-refractivity contribution in [2.24, 2.45) is 0 Å². The number of aromatic hydroxyl groups is 1. The number of carbonyl (C=O) groups is 2. The number of rotatable bonds is 18. The zero-order chi connectivity index (χ0) is 21.3. The molecule has 0 aliphatic rings. The van der Waals surface area contributed by atoms with Gasteiger partial charge in [-0.1, -0.05) is 96.8 Å². The Morgan fingerprint density at radius 1 is 0.733 bits per heavy atom. The van der Waals surface area contributed by atoms with Gasteiger partial charge >= 0.3 is 35.5 Å². The molecule has 0 unspecified atom stereocenters. The van der Waals surface area contributed by atoms with Crippen LogP contribution in [0.1, 0.15) is 130 Å². The van der Waals surface area contributed by atoms with E-state index in [4.69, 9.17) is 5.11 Å². The SMILES string of the molecule is CCCCCCCCCCCCCCCCCC(=O)c1ccc(O)c(C(=O)O)c1.[NaH]. The van der Waals surface area contributed by atoms with Crippen LogP contribution < -0.4 is 0 Å². The molecule has 0 heterocycles. The summed E-state index contributed by atoms with van der Waals surface area (Å²) in [6.45, 7) is 2.26. The van der Waals surface area contributed by atoms with Crippen molar-refractivity contribution >= 4 is 41.3 Å². The second-order valence-electron chi connectivity index (χ2n) is 8.16. The average molecular weight is 429 g/mol. The van der Waals surface area contributed by atoms with E-state index in [1.807, 2.05) is 0 Å². The molecule has 4 nitrogen and oxygen atoms in total. The Kier molecular flexibility index (Phi) is 18.4. The number of benzene rings is 1. The first-order valence-corrected chi connectivity index (χ1v) is 11.7. The summed E-state index contributed by atoms with van der Waals surface area (Å²) >= 11 is 0. The number of carboxylic acid groups (broad SMARTS) is 1. The molecule has 0 spiro atoms. The first-order valence-electron chi connectivity index (χ1n) is 11.7. The Hall–Kier alpha value is -0.840. The van der Waals surface area contributed by atoms with Gasteiger partial charge in [-0.05, 0) is 24.6 Å². The summed E-state index contributed by atoms with van der Waals surface area (Å²) in [5.41, 5.74) is 0.151. The van der Waals surface area contributed by atoms with Crippen LogP contribution in [0.15, 0.2) is 18.2 Å². The van der Waals surface area contributed by atoms with Crippen LogP contribution in [0.2, 0.25) is 0 Å². The summed E-state index contributed by atoms with van der Waals surface area (Å²) in [6, 6.07) is 4.05. The fourth-order valence-electron chi connectivity index (χ4n) is 3.68. The van der Waals surface area contributed by atoms with Gasteiger partial charge in [0.2, 0.25) is 0 Å². The number of hydrogen-bond donors (Lipinski definition) is 2. The van der Waals surface area contributed by atoms with Crippen molar-refractivity contribution in [2.75, 3.05) is 0 Å². The van der Waals surface area contributed by atoms with Gasteiger partial charge in [0.05, 0.1) is 0 Å². The van der Waals surface area contributed by atoms with Crippen molar-refractivity contribution in [3.63, 3.8) is 0 Å². The van der Waals surface area contributed by atoms with Crippen LogP contribution in [-0.4, -0.2) is 51.5 Å². The first kappa shape index (κ1) is 29.2. The Morgan fingerprint density at radius 2 is 1.17 bits per heavy atom. The van der Waals surface area contributed by atoms with Crippen LogP contribution >= 0.6 is 0 Å². The van der Waals surface area contributed by atoms with Crippen LogP contribution in [0.5, 0.6) is 5.75 Å². The maximum absolute atomic E-state index is 12.2. The molecule has 0 saturated heterocycles. The van der Waals surface area contributed by atoms with Crippen molar-refractivity contribution in [3.05, 3.63) is 29.3 Å². The van der Waals surface area contributed by atoms with E-state index in [2.05, 4.69) is 6.92 Å². The molecule has 30 heavy (non-hydrogen) atoms. The standard InChI is InChI=1S/C25H40O4.Na.H/c1-2-3-4-5-6-7-8-9-10-11-12-13-14-15-16-17-23(26)21-18-19-24(27)22(20-21)25(28)29;;/h18-20,27H,2-17H2,1H3,(H,28,29);;. The molecule has 0 aliphatic heterocycles. The quantitative estimate of drug-likeness (QED) is 0.152. The van der Waals surface area contributed by atoms with Crippen molar-refractivity contribution in [2.45, 2.75) is 110 Å². The van der Waals surface area contributed by atoms with Gasteiger partial charge in [0.15, 0.2) is 5.78 Å². The Bertz CT molecular complexity index is 601. The van der Waals surface area contributed by atoms with Crippen LogP contribution in [0.25, 0.3) is 0 Å². The molecule has 1 aromatic rings. The normalized spacial score (nSPS) is 10.6. The molecule has 0 aliphatic carbocycles. The monoisotopic (exact) mass is 428 g/mol. The van der Waals surface area contributed by atoms with Crippen molar-refractivity contribution < 1.29 is 19.8 Å².